The molecule has 0 radical (unpaired) electrons. The predicted octanol–water partition coefficient (Wildman–Crippen LogP) is 5.48. The maximum Gasteiger partial charge on any atom is 0.251 e. The van der Waals surface area contributed by atoms with Crippen LogP contribution in [0.25, 0.3) is 0 Å². The van der Waals surface area contributed by atoms with E-state index in [1.54, 1.807) is 48.6 Å². The molecule has 0 bridgehead atoms. The smallest absolute Gasteiger partial charge is 0.251 e. The van der Waals surface area contributed by atoms with Crippen molar-refractivity contribution in [1.29, 1.82) is 0 Å². The van der Waals surface area contributed by atoms with Gasteiger partial charge in [-0.3, -0.25) is 4.79 Å². The molecule has 2 aromatic carbocycles. The lowest BCUT2D eigenvalue weighted by atomic mass is 9.79. The molecular formula is C29H37N3O3. The van der Waals surface area contributed by atoms with Crippen molar-refractivity contribution in [2.24, 2.45) is 5.73 Å². The number of benzene rings is 2. The van der Waals surface area contributed by atoms with E-state index in [0.717, 1.165) is 12.8 Å². The molecule has 6 heteroatoms. The first-order valence-electron chi connectivity index (χ1n) is 11.9. The van der Waals surface area contributed by atoms with Crippen LogP contribution in [0, 0.1) is 0 Å². The molecule has 0 aliphatic carbocycles. The van der Waals surface area contributed by atoms with Gasteiger partial charge in [0.15, 0.2) is 11.5 Å². The van der Waals surface area contributed by atoms with Crippen molar-refractivity contribution in [3.05, 3.63) is 90.7 Å². The molecule has 1 amide bonds. The number of hydrogen-bond acceptors (Lipinski definition) is 5. The van der Waals surface area contributed by atoms with Crippen LogP contribution >= 0.6 is 0 Å². The summed E-state index contributed by atoms with van der Waals surface area (Å²) in [5.74, 6) is 1.68. The largest absolute Gasteiger partial charge is 0.483 e. The summed E-state index contributed by atoms with van der Waals surface area (Å²) in [6, 6.07) is 14.6. The van der Waals surface area contributed by atoms with E-state index in [1.165, 1.54) is 0 Å². The van der Waals surface area contributed by atoms with E-state index in [9.17, 15) is 4.79 Å². The Bertz CT molecular complexity index is 1070. The van der Waals surface area contributed by atoms with Crippen molar-refractivity contribution in [1.82, 2.24) is 10.6 Å². The van der Waals surface area contributed by atoms with Gasteiger partial charge in [-0.2, -0.15) is 0 Å². The summed E-state index contributed by atoms with van der Waals surface area (Å²) in [5, 5.41) is 6.84. The highest BCUT2D eigenvalue weighted by atomic mass is 16.5. The Morgan fingerprint density at radius 1 is 1.06 bits per heavy atom. The third-order valence-electron chi connectivity index (χ3n) is 5.67. The van der Waals surface area contributed by atoms with Crippen LogP contribution in [0.5, 0.6) is 17.2 Å². The normalized spacial score (nSPS) is 17.7. The van der Waals surface area contributed by atoms with Crippen molar-refractivity contribution in [3.8, 4) is 17.2 Å². The van der Waals surface area contributed by atoms with Gasteiger partial charge in [0.1, 0.15) is 12.4 Å². The maximum absolute atomic E-state index is 12.9. The fraction of sp³-hybridized carbons (Fsp3) is 0.345. The number of amides is 1. The molecule has 3 rings (SSSR count). The van der Waals surface area contributed by atoms with E-state index in [0.29, 0.717) is 28.5 Å². The molecule has 6 nitrogen and oxygen atoms in total. The summed E-state index contributed by atoms with van der Waals surface area (Å²) in [4.78, 5) is 12.9. The van der Waals surface area contributed by atoms with E-state index in [4.69, 9.17) is 15.2 Å². The second kappa shape index (κ2) is 11.3. The number of para-hydroxylation sites is 2. The van der Waals surface area contributed by atoms with Crippen LogP contribution in [0.2, 0.25) is 0 Å². The predicted molar refractivity (Wildman–Crippen MR) is 142 cm³/mol. The van der Waals surface area contributed by atoms with Crippen LogP contribution in [0.4, 0.5) is 0 Å². The fourth-order valence-electron chi connectivity index (χ4n) is 4.62. The van der Waals surface area contributed by atoms with Gasteiger partial charge < -0.3 is 25.8 Å². The molecule has 0 saturated carbocycles. The maximum atomic E-state index is 12.9. The molecule has 0 unspecified atom stereocenters. The SMILES string of the molecule is C=C/C=C\C=C(/N)COc1ccccc1Oc1ccc(C(=O)NC2CC(C)(C)NC(C)(C)C2)cc1. The highest BCUT2D eigenvalue weighted by Gasteiger charge is 2.38. The Morgan fingerprint density at radius 2 is 1.69 bits per heavy atom. The molecule has 1 saturated heterocycles. The number of nitrogens with two attached hydrogens (primary N) is 1. The van der Waals surface area contributed by atoms with Gasteiger partial charge in [0.05, 0.1) is 0 Å². The first-order valence-corrected chi connectivity index (χ1v) is 11.9. The van der Waals surface area contributed by atoms with Gasteiger partial charge in [-0.1, -0.05) is 36.9 Å². The molecule has 35 heavy (non-hydrogen) atoms. The van der Waals surface area contributed by atoms with Crippen LogP contribution in [0.15, 0.2) is 85.1 Å². The molecule has 1 fully saturated rings. The topological polar surface area (TPSA) is 85.6 Å². The highest BCUT2D eigenvalue weighted by Crippen LogP contribution is 2.32. The first kappa shape index (κ1) is 26.1. The van der Waals surface area contributed by atoms with Crippen molar-refractivity contribution < 1.29 is 14.3 Å². The second-order valence-corrected chi connectivity index (χ2v) is 10.2. The molecule has 0 spiro atoms. The molecular weight excluding hydrogens is 438 g/mol. The fourth-order valence-corrected chi connectivity index (χ4v) is 4.62. The lowest BCUT2D eigenvalue weighted by Crippen LogP contribution is -2.62. The zero-order valence-electron chi connectivity index (χ0n) is 21.1. The quantitative estimate of drug-likeness (QED) is 0.418. The minimum Gasteiger partial charge on any atom is -0.483 e. The molecule has 1 heterocycles. The van der Waals surface area contributed by atoms with Crippen molar-refractivity contribution >= 4 is 5.91 Å². The molecule has 1 aliphatic heterocycles. The van der Waals surface area contributed by atoms with Gasteiger partial charge in [-0.15, -0.1) is 0 Å². The third-order valence-corrected chi connectivity index (χ3v) is 5.67. The van der Waals surface area contributed by atoms with Crippen LogP contribution in [0.3, 0.4) is 0 Å². The zero-order chi connectivity index (χ0) is 25.5. The molecule has 186 valence electrons. The molecule has 0 atom stereocenters. The average molecular weight is 476 g/mol. The van der Waals surface area contributed by atoms with E-state index in [-0.39, 0.29) is 29.6 Å². The van der Waals surface area contributed by atoms with Gasteiger partial charge in [0.25, 0.3) is 5.91 Å². The second-order valence-electron chi connectivity index (χ2n) is 10.2. The van der Waals surface area contributed by atoms with Crippen LogP contribution < -0.4 is 25.8 Å². The number of hydrogen-bond donors (Lipinski definition) is 3. The Hall–Kier alpha value is -3.51. The third kappa shape index (κ3) is 8.04. The van der Waals surface area contributed by atoms with E-state index in [1.807, 2.05) is 24.3 Å². The van der Waals surface area contributed by atoms with E-state index in [2.05, 4.69) is 44.9 Å². The van der Waals surface area contributed by atoms with E-state index >= 15 is 0 Å². The summed E-state index contributed by atoms with van der Waals surface area (Å²) in [7, 11) is 0. The number of carbonyl (C=O) groups is 1. The Kier molecular flexibility index (Phi) is 8.41. The van der Waals surface area contributed by atoms with Gasteiger partial charge in [0, 0.05) is 28.4 Å². The van der Waals surface area contributed by atoms with E-state index < -0.39 is 0 Å². The number of rotatable bonds is 9. The number of ether oxygens (including phenoxy) is 2. The molecule has 1 aliphatic rings. The van der Waals surface area contributed by atoms with Gasteiger partial charge in [-0.05, 0) is 83.0 Å². The van der Waals surface area contributed by atoms with Crippen molar-refractivity contribution in [2.75, 3.05) is 6.61 Å². The summed E-state index contributed by atoms with van der Waals surface area (Å²) in [6.45, 7) is 12.5. The minimum atomic E-state index is -0.0773. The number of allylic oxidation sites excluding steroid dienone is 4. The van der Waals surface area contributed by atoms with Crippen LogP contribution in [-0.4, -0.2) is 29.6 Å². The number of carbonyl (C=O) groups excluding carboxylic acids is 1. The minimum absolute atomic E-state index is 0.0321. The summed E-state index contributed by atoms with van der Waals surface area (Å²) >= 11 is 0. The van der Waals surface area contributed by atoms with Gasteiger partial charge in [0.2, 0.25) is 0 Å². The standard InChI is InChI=1S/C29H37N3O3/c1-6-7-8-11-22(30)20-34-25-12-9-10-13-26(25)35-24-16-14-21(15-17-24)27(33)31-23-18-28(2,3)32-29(4,5)19-23/h6-17,23,32H,1,18-20,30H2,2-5H3,(H,31,33)/b8-7-,22-11-. The van der Waals surface area contributed by atoms with Gasteiger partial charge >= 0.3 is 0 Å². The molecule has 4 N–H and O–H groups in total. The summed E-state index contributed by atoms with van der Waals surface area (Å²) in [6.07, 6.45) is 8.80. The van der Waals surface area contributed by atoms with Crippen molar-refractivity contribution in [2.45, 2.75) is 57.7 Å². The molecule has 2 aromatic rings. The zero-order valence-corrected chi connectivity index (χ0v) is 21.1. The Morgan fingerprint density at radius 3 is 2.31 bits per heavy atom. The monoisotopic (exact) mass is 475 g/mol. The first-order chi connectivity index (χ1) is 16.6. The average Bonchev–Trinajstić information content (AvgIpc) is 2.77. The lowest BCUT2D eigenvalue weighted by molar-refractivity contribution is 0.0873. The molecule has 0 aromatic heterocycles. The Labute approximate surface area is 208 Å². The summed E-state index contributed by atoms with van der Waals surface area (Å²) < 4.78 is 11.9. The van der Waals surface area contributed by atoms with Crippen LogP contribution in [-0.2, 0) is 0 Å². The number of nitrogens with one attached hydrogen (secondary N) is 2. The van der Waals surface area contributed by atoms with Crippen molar-refractivity contribution in [3.63, 3.8) is 0 Å². The Balaban J connectivity index is 1.62. The van der Waals surface area contributed by atoms with Crippen LogP contribution in [0.1, 0.15) is 50.9 Å². The van der Waals surface area contributed by atoms with Gasteiger partial charge in [-0.25, -0.2) is 0 Å². The highest BCUT2D eigenvalue weighted by molar-refractivity contribution is 5.94. The number of piperidine rings is 1. The summed E-state index contributed by atoms with van der Waals surface area (Å²) in [5.41, 5.74) is 7.09. The lowest BCUT2D eigenvalue weighted by Gasteiger charge is -2.46.